The summed E-state index contributed by atoms with van der Waals surface area (Å²) in [6.07, 6.45) is 95.7. The fourth-order valence-electron chi connectivity index (χ4n) is 8.74. The SMILES string of the molecule is CC/C=C\C/C=C\C/C=C\C/C=C\C/C=C\C/C=C\CCCCCCCCCCC(=O)OCC(COC(=O)CCCCCCCCCCCC)OC(=O)CCCCCCCC/C=C\C/C=C\C/C=C\C/C=C\C/C=C\C/C=C\CC. The molecule has 0 saturated carbocycles. The lowest BCUT2D eigenvalue weighted by Gasteiger charge is -2.18. The van der Waals surface area contributed by atoms with Crippen LogP contribution < -0.4 is 0 Å². The summed E-state index contributed by atoms with van der Waals surface area (Å²) in [6.45, 7) is 6.39. The molecular weight excluding hydrogens is 985 g/mol. The summed E-state index contributed by atoms with van der Waals surface area (Å²) >= 11 is 0. The Morgan fingerprint density at radius 2 is 0.487 bits per heavy atom. The second kappa shape index (κ2) is 66.8. The van der Waals surface area contributed by atoms with Crippen LogP contribution in [0.5, 0.6) is 0 Å². The molecule has 0 aliphatic carbocycles. The molecule has 6 nitrogen and oxygen atoms in total. The molecule has 0 aromatic heterocycles. The average Bonchev–Trinajstić information content (AvgIpc) is 3.46. The highest BCUT2D eigenvalue weighted by atomic mass is 16.6. The average molecular weight is 1110 g/mol. The van der Waals surface area contributed by atoms with E-state index in [-0.39, 0.29) is 31.1 Å². The zero-order valence-corrected chi connectivity index (χ0v) is 51.8. The third kappa shape index (κ3) is 64.1. The number of unbranched alkanes of at least 4 members (excludes halogenated alkanes) is 23. The van der Waals surface area contributed by atoms with E-state index in [1.165, 1.54) is 89.9 Å². The monoisotopic (exact) mass is 1100 g/mol. The molecule has 0 saturated heterocycles. The molecule has 80 heavy (non-hydrogen) atoms. The van der Waals surface area contributed by atoms with Crippen LogP contribution in [0.25, 0.3) is 0 Å². The first-order valence-electron chi connectivity index (χ1n) is 32.8. The van der Waals surface area contributed by atoms with Gasteiger partial charge in [0.25, 0.3) is 0 Å². The third-order valence-corrected chi connectivity index (χ3v) is 13.6. The molecule has 0 rings (SSSR count). The Hall–Kier alpha value is -4.71. The molecule has 0 heterocycles. The normalized spacial score (nSPS) is 13.1. The zero-order valence-electron chi connectivity index (χ0n) is 51.8. The van der Waals surface area contributed by atoms with Crippen molar-refractivity contribution in [1.82, 2.24) is 0 Å². The van der Waals surface area contributed by atoms with Crippen molar-refractivity contribution in [3.63, 3.8) is 0 Å². The van der Waals surface area contributed by atoms with Crippen LogP contribution >= 0.6 is 0 Å². The standard InChI is InChI=1S/C74H120O6/c1-4-7-10-13-16-19-22-24-26-28-30-32-34-36-37-39-40-42-44-46-48-50-52-55-58-61-64-67-73(76)79-70-71(69-78-72(75)66-63-60-57-54-21-18-15-12-9-6-3)80-74(77)68-65-62-59-56-53-51-49-47-45-43-41-38-35-33-31-29-27-25-23-20-17-14-11-8-5-2/h7-8,10-11,16-17,19-20,24-27,30-33,36-38,40-42,45,47,71H,4-6,9,12-15,18,21-23,28-29,34-35,39,43-44,46,48-70H2,1-3H3/b10-7-,11-8-,19-16-,20-17-,26-24-,27-25-,32-30-,33-31-,37-36-,41-38-,42-40-,47-45-. The molecule has 0 bridgehead atoms. The maximum Gasteiger partial charge on any atom is 0.306 e. The van der Waals surface area contributed by atoms with E-state index >= 15 is 0 Å². The fraction of sp³-hybridized carbons (Fsp3) is 0.635. The van der Waals surface area contributed by atoms with Crippen molar-refractivity contribution in [3.05, 3.63) is 146 Å². The molecule has 1 unspecified atom stereocenters. The van der Waals surface area contributed by atoms with Gasteiger partial charge in [-0.3, -0.25) is 14.4 Å². The van der Waals surface area contributed by atoms with E-state index in [2.05, 4.69) is 167 Å². The van der Waals surface area contributed by atoms with Crippen LogP contribution in [0.15, 0.2) is 146 Å². The lowest BCUT2D eigenvalue weighted by atomic mass is 10.1. The van der Waals surface area contributed by atoms with E-state index in [1.807, 2.05) is 0 Å². The van der Waals surface area contributed by atoms with Gasteiger partial charge in [0.05, 0.1) is 0 Å². The second-order valence-electron chi connectivity index (χ2n) is 21.3. The molecule has 452 valence electrons. The molecular formula is C74H120O6. The first-order chi connectivity index (χ1) is 39.5. The number of allylic oxidation sites excluding steroid dienone is 24. The van der Waals surface area contributed by atoms with Gasteiger partial charge >= 0.3 is 17.9 Å². The first-order valence-corrected chi connectivity index (χ1v) is 32.8. The van der Waals surface area contributed by atoms with Gasteiger partial charge in [-0.25, -0.2) is 0 Å². The van der Waals surface area contributed by atoms with Crippen LogP contribution in [0.4, 0.5) is 0 Å². The van der Waals surface area contributed by atoms with Crippen LogP contribution in [-0.4, -0.2) is 37.2 Å². The number of carbonyl (C=O) groups excluding carboxylic acids is 3. The maximum atomic E-state index is 12.9. The van der Waals surface area contributed by atoms with Crippen molar-refractivity contribution in [2.45, 2.75) is 290 Å². The predicted octanol–water partition coefficient (Wildman–Crippen LogP) is 22.7. The summed E-state index contributed by atoms with van der Waals surface area (Å²) in [5.74, 6) is -0.913. The fourth-order valence-corrected chi connectivity index (χ4v) is 8.74. The van der Waals surface area contributed by atoms with Crippen molar-refractivity contribution in [2.75, 3.05) is 13.2 Å². The molecule has 0 aliphatic rings. The van der Waals surface area contributed by atoms with Crippen LogP contribution in [0.1, 0.15) is 284 Å². The van der Waals surface area contributed by atoms with Gasteiger partial charge in [-0.2, -0.15) is 0 Å². The lowest BCUT2D eigenvalue weighted by molar-refractivity contribution is -0.167. The van der Waals surface area contributed by atoms with Gasteiger partial charge in [0.15, 0.2) is 6.10 Å². The summed E-state index contributed by atoms with van der Waals surface area (Å²) < 4.78 is 16.9. The number of carbonyl (C=O) groups is 3. The minimum Gasteiger partial charge on any atom is -0.462 e. The number of hydrogen-bond donors (Lipinski definition) is 0. The van der Waals surface area contributed by atoms with Gasteiger partial charge in [0.1, 0.15) is 13.2 Å². The highest BCUT2D eigenvalue weighted by Crippen LogP contribution is 2.15. The summed E-state index contributed by atoms with van der Waals surface area (Å²) in [4.78, 5) is 38.3. The van der Waals surface area contributed by atoms with E-state index < -0.39 is 6.10 Å². The van der Waals surface area contributed by atoms with Gasteiger partial charge in [-0.15, -0.1) is 0 Å². The molecule has 0 aromatic carbocycles. The highest BCUT2D eigenvalue weighted by Gasteiger charge is 2.19. The molecule has 0 aromatic rings. The number of ether oxygens (including phenoxy) is 3. The van der Waals surface area contributed by atoms with Gasteiger partial charge in [-0.1, -0.05) is 289 Å². The first kappa shape index (κ1) is 75.3. The Labute approximate surface area is 493 Å². The van der Waals surface area contributed by atoms with Crippen molar-refractivity contribution in [3.8, 4) is 0 Å². The maximum absolute atomic E-state index is 12.9. The van der Waals surface area contributed by atoms with Gasteiger partial charge < -0.3 is 14.2 Å². The Morgan fingerprint density at radius 1 is 0.263 bits per heavy atom. The smallest absolute Gasteiger partial charge is 0.306 e. The molecule has 0 fully saturated rings. The Morgan fingerprint density at radius 3 is 0.762 bits per heavy atom. The molecule has 0 amide bonds. The molecule has 1 atom stereocenters. The predicted molar refractivity (Wildman–Crippen MR) is 348 cm³/mol. The van der Waals surface area contributed by atoms with Crippen LogP contribution in [0, 0.1) is 0 Å². The van der Waals surface area contributed by atoms with Crippen molar-refractivity contribution < 1.29 is 28.6 Å². The second-order valence-corrected chi connectivity index (χ2v) is 21.3. The highest BCUT2D eigenvalue weighted by molar-refractivity contribution is 5.71. The number of rotatable bonds is 58. The zero-order chi connectivity index (χ0) is 57.8. The van der Waals surface area contributed by atoms with Gasteiger partial charge in [0.2, 0.25) is 0 Å². The summed E-state index contributed by atoms with van der Waals surface area (Å²) in [7, 11) is 0. The lowest BCUT2D eigenvalue weighted by Crippen LogP contribution is -2.30. The molecule has 0 aliphatic heterocycles. The van der Waals surface area contributed by atoms with Crippen LogP contribution in [0.3, 0.4) is 0 Å². The number of esters is 3. The van der Waals surface area contributed by atoms with E-state index in [4.69, 9.17) is 14.2 Å². The minimum absolute atomic E-state index is 0.0895. The Bertz CT molecular complexity index is 1750. The van der Waals surface area contributed by atoms with E-state index in [0.717, 1.165) is 154 Å². The third-order valence-electron chi connectivity index (χ3n) is 13.6. The topological polar surface area (TPSA) is 78.9 Å². The Kier molecular flexibility index (Phi) is 62.9. The van der Waals surface area contributed by atoms with Crippen molar-refractivity contribution in [1.29, 1.82) is 0 Å². The van der Waals surface area contributed by atoms with Crippen molar-refractivity contribution >= 4 is 17.9 Å². The number of hydrogen-bond acceptors (Lipinski definition) is 6. The Balaban J connectivity index is 4.33. The van der Waals surface area contributed by atoms with E-state index in [9.17, 15) is 14.4 Å². The quantitative estimate of drug-likeness (QED) is 0.0261. The summed E-state index contributed by atoms with van der Waals surface area (Å²) in [5.41, 5.74) is 0. The van der Waals surface area contributed by atoms with Gasteiger partial charge in [0, 0.05) is 19.3 Å². The molecule has 0 spiro atoms. The summed E-state index contributed by atoms with van der Waals surface area (Å²) in [5, 5.41) is 0. The van der Waals surface area contributed by atoms with Crippen molar-refractivity contribution in [2.24, 2.45) is 0 Å². The van der Waals surface area contributed by atoms with E-state index in [0.29, 0.717) is 19.3 Å². The van der Waals surface area contributed by atoms with Gasteiger partial charge in [-0.05, 0) is 122 Å². The summed E-state index contributed by atoms with van der Waals surface area (Å²) in [6, 6.07) is 0. The van der Waals surface area contributed by atoms with Crippen LogP contribution in [-0.2, 0) is 28.6 Å². The van der Waals surface area contributed by atoms with Crippen LogP contribution in [0.2, 0.25) is 0 Å². The van der Waals surface area contributed by atoms with E-state index in [1.54, 1.807) is 0 Å². The largest absolute Gasteiger partial charge is 0.462 e. The minimum atomic E-state index is -0.795. The molecule has 0 N–H and O–H groups in total. The molecule has 6 heteroatoms. The molecule has 0 radical (unpaired) electrons.